The molecule has 2 aliphatic rings. The van der Waals surface area contributed by atoms with Crippen molar-refractivity contribution in [2.45, 2.75) is 0 Å². The van der Waals surface area contributed by atoms with E-state index in [1.165, 1.54) is 21.6 Å². The summed E-state index contributed by atoms with van der Waals surface area (Å²) < 4.78 is 1.08. The normalized spacial score (nSPS) is 21.5. The van der Waals surface area contributed by atoms with Crippen molar-refractivity contribution in [3.8, 4) is 0 Å². The van der Waals surface area contributed by atoms with E-state index in [0.717, 1.165) is 4.47 Å². The molecule has 3 rings (SSSR count). The zero-order valence-electron chi connectivity index (χ0n) is 8.38. The van der Waals surface area contributed by atoms with Crippen LogP contribution >= 0.6 is 48.7 Å². The van der Waals surface area contributed by atoms with Crippen molar-refractivity contribution in [3.05, 3.63) is 44.8 Å². The van der Waals surface area contributed by atoms with E-state index in [9.17, 15) is 0 Å². The van der Waals surface area contributed by atoms with Crippen LogP contribution in [0.3, 0.4) is 0 Å². The molecular formula is C11H6BrCl3SZr. The van der Waals surface area contributed by atoms with Crippen molar-refractivity contribution in [3.63, 3.8) is 0 Å². The fourth-order valence-corrected chi connectivity index (χ4v) is 15.8. The molecule has 0 fully saturated rings. The zero-order chi connectivity index (χ0) is 12.2. The molecule has 0 saturated heterocycles. The SMILES string of the molecule is [Cl][Zr]([Cl])([Cl])[S]1=CC=C2C1=Cc1cc(Br)ccc12. The molecule has 6 heteroatoms. The Morgan fingerprint density at radius 2 is 1.94 bits per heavy atom. The Hall–Kier alpha value is 1.15. The van der Waals surface area contributed by atoms with E-state index < -0.39 is 15.2 Å². The monoisotopic (exact) mass is 444 g/mol. The van der Waals surface area contributed by atoms with E-state index in [-0.39, 0.29) is 7.24 Å². The van der Waals surface area contributed by atoms with Crippen LogP contribution < -0.4 is 0 Å². The van der Waals surface area contributed by atoms with E-state index in [2.05, 4.69) is 45.6 Å². The maximum atomic E-state index is 6.22. The molecule has 0 spiro atoms. The molecule has 17 heavy (non-hydrogen) atoms. The fraction of sp³-hybridized carbons (Fsp3) is 0. The zero-order valence-corrected chi connectivity index (χ0v) is 15.5. The van der Waals surface area contributed by atoms with Crippen LogP contribution in [0.15, 0.2) is 33.7 Å². The standard InChI is InChI=1S/C11H6BrS.3ClH.Zr/c12-8-1-2-9-7(5-8)6-11-10(9)3-4-13-11;;;;/h1-6H;3*1H;/q+1;;;;+2/p-3. The number of hydrogen-bond acceptors (Lipinski definition) is 0. The molecule has 1 aromatic carbocycles. The van der Waals surface area contributed by atoms with Crippen molar-refractivity contribution < 1.29 is 15.2 Å². The van der Waals surface area contributed by atoms with Crippen molar-refractivity contribution in [1.29, 1.82) is 0 Å². The Morgan fingerprint density at radius 3 is 2.65 bits per heavy atom. The molecule has 0 saturated carbocycles. The van der Waals surface area contributed by atoms with Gasteiger partial charge in [0, 0.05) is 0 Å². The van der Waals surface area contributed by atoms with E-state index in [1.54, 1.807) is 0 Å². The average molecular weight is 448 g/mol. The van der Waals surface area contributed by atoms with Crippen LogP contribution in [0.4, 0.5) is 0 Å². The number of rotatable bonds is 1. The van der Waals surface area contributed by atoms with E-state index >= 15 is 0 Å². The van der Waals surface area contributed by atoms with Crippen LogP contribution in [-0.2, 0) is 15.2 Å². The molecule has 0 N–H and O–H groups in total. The summed E-state index contributed by atoms with van der Waals surface area (Å²) >= 11 is 0.0340. The van der Waals surface area contributed by atoms with Gasteiger partial charge < -0.3 is 0 Å². The first-order valence-electron chi connectivity index (χ1n) is 4.84. The van der Waals surface area contributed by atoms with Crippen LogP contribution in [-0.4, -0.2) is 5.37 Å². The molecule has 0 nitrogen and oxygen atoms in total. The van der Waals surface area contributed by atoms with Gasteiger partial charge in [-0.05, 0) is 0 Å². The summed E-state index contributed by atoms with van der Waals surface area (Å²) in [7, 11) is 18.4. The number of benzene rings is 1. The Balaban J connectivity index is 2.11. The predicted octanol–water partition coefficient (Wildman–Crippen LogP) is 5.80. The average Bonchev–Trinajstić information content (AvgIpc) is 2.72. The van der Waals surface area contributed by atoms with Gasteiger partial charge in [-0.1, -0.05) is 0 Å². The molecular weight excluding hydrogens is 442 g/mol. The number of fused-ring (bicyclic) bond motifs is 3. The second-order valence-corrected chi connectivity index (χ2v) is 32.6. The van der Waals surface area contributed by atoms with E-state index in [4.69, 9.17) is 25.5 Å². The molecule has 1 aromatic rings. The second-order valence-electron chi connectivity index (χ2n) is 3.74. The van der Waals surface area contributed by atoms with Gasteiger partial charge in [-0.2, -0.15) is 0 Å². The van der Waals surface area contributed by atoms with Crippen molar-refractivity contribution in [2.75, 3.05) is 0 Å². The summed E-state index contributed by atoms with van der Waals surface area (Å²) in [5.74, 6) is 0. The predicted molar refractivity (Wildman–Crippen MR) is 81.3 cm³/mol. The minimum atomic E-state index is -3.45. The first kappa shape index (κ1) is 13.2. The third kappa shape index (κ3) is 2.33. The molecule has 1 aliphatic heterocycles. The van der Waals surface area contributed by atoms with E-state index in [1.807, 2.05) is 6.07 Å². The van der Waals surface area contributed by atoms with Gasteiger partial charge in [0.05, 0.1) is 0 Å². The Labute approximate surface area is 124 Å². The number of hydrogen-bond donors (Lipinski definition) is 0. The van der Waals surface area contributed by atoms with Crippen LogP contribution in [0.25, 0.3) is 11.6 Å². The Bertz CT molecular complexity index is 614. The molecule has 0 radical (unpaired) electrons. The van der Waals surface area contributed by atoms with Gasteiger partial charge in [0.15, 0.2) is 0 Å². The minimum absolute atomic E-state index is 0.248. The quantitative estimate of drug-likeness (QED) is 0.477. The second kappa shape index (κ2) is 4.61. The van der Waals surface area contributed by atoms with Crippen LogP contribution in [0.5, 0.6) is 0 Å². The van der Waals surface area contributed by atoms with Gasteiger partial charge in [0.25, 0.3) is 0 Å². The molecule has 1 atom stereocenters. The molecule has 1 unspecified atom stereocenters. The summed E-state index contributed by atoms with van der Waals surface area (Å²) in [6.07, 6.45) is 4.27. The van der Waals surface area contributed by atoms with E-state index in [0.29, 0.717) is 0 Å². The van der Waals surface area contributed by atoms with Crippen molar-refractivity contribution in [1.82, 2.24) is 0 Å². The van der Waals surface area contributed by atoms with Gasteiger partial charge in [-0.25, -0.2) is 0 Å². The molecule has 1 heterocycles. The molecule has 0 aromatic heterocycles. The van der Waals surface area contributed by atoms with Crippen LogP contribution in [0.1, 0.15) is 11.1 Å². The van der Waals surface area contributed by atoms with Gasteiger partial charge in [0.2, 0.25) is 0 Å². The van der Waals surface area contributed by atoms with Gasteiger partial charge in [0.1, 0.15) is 0 Å². The summed E-state index contributed by atoms with van der Waals surface area (Å²) in [4.78, 5) is 1.22. The fourth-order valence-electron chi connectivity index (χ4n) is 2.02. The summed E-state index contributed by atoms with van der Waals surface area (Å²) in [6.45, 7) is 0. The van der Waals surface area contributed by atoms with Gasteiger partial charge in [-0.3, -0.25) is 0 Å². The van der Waals surface area contributed by atoms with Gasteiger partial charge in [-0.15, -0.1) is 0 Å². The molecule has 88 valence electrons. The van der Waals surface area contributed by atoms with Crippen LogP contribution in [0.2, 0.25) is 0 Å². The summed E-state index contributed by atoms with van der Waals surface area (Å²) in [5.41, 5.74) is 3.70. The van der Waals surface area contributed by atoms with Gasteiger partial charge >= 0.3 is 126 Å². The first-order valence-corrected chi connectivity index (χ1v) is 19.4. The third-order valence-corrected chi connectivity index (χ3v) is 20.1. The van der Waals surface area contributed by atoms with Crippen LogP contribution in [0, 0.1) is 0 Å². The molecule has 0 bridgehead atoms. The summed E-state index contributed by atoms with van der Waals surface area (Å²) in [6, 6.07) is 6.27. The van der Waals surface area contributed by atoms with Crippen molar-refractivity contribution in [2.24, 2.45) is 0 Å². The topological polar surface area (TPSA) is 0 Å². The first-order chi connectivity index (χ1) is 7.97. The number of allylic oxidation sites excluding steroid dienone is 2. The Kier molecular flexibility index (Phi) is 3.57. The van der Waals surface area contributed by atoms with Crippen molar-refractivity contribution >= 4 is 65.7 Å². The maximum absolute atomic E-state index is 6.22. The summed E-state index contributed by atoms with van der Waals surface area (Å²) in [5, 5.41) is 2.08. The Morgan fingerprint density at radius 1 is 1.18 bits per heavy atom. The third-order valence-electron chi connectivity index (χ3n) is 2.71. The molecule has 0 amide bonds. The number of halogens is 4. The molecule has 1 aliphatic carbocycles.